The highest BCUT2D eigenvalue weighted by molar-refractivity contribution is 7.89. The molecule has 0 atom stereocenters. The molecule has 0 saturated carbocycles. The lowest BCUT2D eigenvalue weighted by Crippen LogP contribution is -2.26. The van der Waals surface area contributed by atoms with Crippen molar-refractivity contribution in [2.45, 2.75) is 32.2 Å². The van der Waals surface area contributed by atoms with Crippen molar-refractivity contribution >= 4 is 21.9 Å². The molecule has 0 spiro atoms. The summed E-state index contributed by atoms with van der Waals surface area (Å²) in [6, 6.07) is 18.2. The van der Waals surface area contributed by atoms with E-state index in [-0.39, 0.29) is 28.9 Å². The minimum Gasteiger partial charge on any atom is -0.490 e. The highest BCUT2D eigenvalue weighted by Gasteiger charge is 2.22. The van der Waals surface area contributed by atoms with E-state index < -0.39 is 15.9 Å². The number of ether oxygens (including phenoxy) is 3. The van der Waals surface area contributed by atoms with Gasteiger partial charge in [-0.1, -0.05) is 35.4 Å². The number of nitrogens with zero attached hydrogens (tertiary/aromatic N) is 3. The number of carbonyl (C=O) groups excluding carboxylic acids is 1. The summed E-state index contributed by atoms with van der Waals surface area (Å²) in [5.74, 6) is 0.989. The normalized spacial score (nSPS) is 11.3. The second-order valence-electron chi connectivity index (χ2n) is 8.74. The minimum atomic E-state index is -3.76. The zero-order valence-corrected chi connectivity index (χ0v) is 24.1. The standard InChI is InChI=1S/C29H32N4O7S/c1-5-37-24-17-22(18-25(38-6-2)26(24)39-7-3)28-31-32-29(40-28)30-27(34)21-13-15-23(16-14-21)41(35,36)33(4)19-20-11-9-8-10-12-20/h8-18H,5-7,19H2,1-4H3,(H,30,32,34). The van der Waals surface area contributed by atoms with Crippen molar-refractivity contribution in [1.82, 2.24) is 14.5 Å². The van der Waals surface area contributed by atoms with Crippen molar-refractivity contribution in [1.29, 1.82) is 0 Å². The Bertz CT molecular complexity index is 1550. The second-order valence-corrected chi connectivity index (χ2v) is 10.8. The van der Waals surface area contributed by atoms with Crippen LogP contribution in [0, 0.1) is 0 Å². The number of carbonyl (C=O) groups is 1. The van der Waals surface area contributed by atoms with Crippen molar-refractivity contribution in [2.24, 2.45) is 0 Å². The number of benzene rings is 3. The van der Waals surface area contributed by atoms with Crippen LogP contribution in [0.2, 0.25) is 0 Å². The van der Waals surface area contributed by atoms with Gasteiger partial charge in [0.2, 0.25) is 21.7 Å². The van der Waals surface area contributed by atoms with Gasteiger partial charge in [0.25, 0.3) is 5.91 Å². The number of sulfonamides is 1. The fourth-order valence-electron chi connectivity index (χ4n) is 3.96. The Morgan fingerprint density at radius 3 is 2.07 bits per heavy atom. The molecule has 4 aromatic rings. The Labute approximate surface area is 239 Å². The van der Waals surface area contributed by atoms with Gasteiger partial charge >= 0.3 is 6.01 Å². The first kappa shape index (κ1) is 29.6. The monoisotopic (exact) mass is 580 g/mol. The van der Waals surface area contributed by atoms with E-state index in [1.165, 1.54) is 35.6 Å². The SMILES string of the molecule is CCOc1cc(-c2nnc(NC(=O)c3ccc(S(=O)(=O)N(C)Cc4ccccc4)cc3)o2)cc(OCC)c1OCC. The third kappa shape index (κ3) is 7.02. The predicted octanol–water partition coefficient (Wildman–Crippen LogP) is 5.01. The summed E-state index contributed by atoms with van der Waals surface area (Å²) in [5.41, 5.74) is 1.59. The lowest BCUT2D eigenvalue weighted by atomic mass is 10.2. The molecule has 1 aromatic heterocycles. The highest BCUT2D eigenvalue weighted by atomic mass is 32.2. The molecule has 0 unspecified atom stereocenters. The van der Waals surface area contributed by atoms with Gasteiger partial charge in [-0.3, -0.25) is 10.1 Å². The Hall–Kier alpha value is -4.42. The van der Waals surface area contributed by atoms with E-state index in [0.29, 0.717) is 42.6 Å². The Kier molecular flexibility index (Phi) is 9.58. The molecule has 0 radical (unpaired) electrons. The summed E-state index contributed by atoms with van der Waals surface area (Å²) < 4.78 is 50.1. The predicted molar refractivity (Wildman–Crippen MR) is 153 cm³/mol. The molecule has 0 bridgehead atoms. The molecule has 0 fully saturated rings. The van der Waals surface area contributed by atoms with Crippen LogP contribution in [0.5, 0.6) is 17.2 Å². The zero-order valence-electron chi connectivity index (χ0n) is 23.3. The second kappa shape index (κ2) is 13.3. The highest BCUT2D eigenvalue weighted by Crippen LogP contribution is 2.41. The van der Waals surface area contributed by atoms with Gasteiger partial charge in [-0.05, 0) is 62.7 Å². The first-order chi connectivity index (χ1) is 19.8. The van der Waals surface area contributed by atoms with Gasteiger partial charge < -0.3 is 18.6 Å². The quantitative estimate of drug-likeness (QED) is 0.232. The minimum absolute atomic E-state index is 0.0678. The van der Waals surface area contributed by atoms with Crippen LogP contribution in [0.25, 0.3) is 11.5 Å². The molecular formula is C29H32N4O7S. The topological polar surface area (TPSA) is 133 Å². The van der Waals surface area contributed by atoms with Crippen LogP contribution in [-0.2, 0) is 16.6 Å². The number of rotatable bonds is 13. The van der Waals surface area contributed by atoms with Crippen molar-refractivity contribution in [3.8, 4) is 28.7 Å². The largest absolute Gasteiger partial charge is 0.490 e. The van der Waals surface area contributed by atoms with Crippen molar-refractivity contribution < 1.29 is 31.8 Å². The first-order valence-electron chi connectivity index (χ1n) is 13.1. The van der Waals surface area contributed by atoms with Gasteiger partial charge in [-0.2, -0.15) is 4.31 Å². The van der Waals surface area contributed by atoms with E-state index in [4.69, 9.17) is 18.6 Å². The molecule has 11 nitrogen and oxygen atoms in total. The molecular weight excluding hydrogens is 548 g/mol. The molecule has 41 heavy (non-hydrogen) atoms. The summed E-state index contributed by atoms with van der Waals surface area (Å²) in [6.07, 6.45) is 0. The van der Waals surface area contributed by atoms with Crippen molar-refractivity contribution in [3.05, 3.63) is 77.9 Å². The van der Waals surface area contributed by atoms with Crippen molar-refractivity contribution in [2.75, 3.05) is 32.2 Å². The van der Waals surface area contributed by atoms with Gasteiger partial charge in [0, 0.05) is 24.7 Å². The third-order valence-corrected chi connectivity index (χ3v) is 7.69. The van der Waals surface area contributed by atoms with E-state index in [1.807, 2.05) is 51.1 Å². The number of hydrogen-bond donors (Lipinski definition) is 1. The molecule has 1 amide bonds. The van der Waals surface area contributed by atoms with Crippen LogP contribution in [0.3, 0.4) is 0 Å². The molecule has 0 aliphatic rings. The Morgan fingerprint density at radius 2 is 1.49 bits per heavy atom. The fourth-order valence-corrected chi connectivity index (χ4v) is 5.11. The van der Waals surface area contributed by atoms with Crippen molar-refractivity contribution in [3.63, 3.8) is 0 Å². The molecule has 1 N–H and O–H groups in total. The Balaban J connectivity index is 1.48. The molecule has 0 saturated heterocycles. The third-order valence-electron chi connectivity index (χ3n) is 5.87. The first-order valence-corrected chi connectivity index (χ1v) is 14.5. The fraction of sp³-hybridized carbons (Fsp3) is 0.276. The Morgan fingerprint density at radius 1 is 0.878 bits per heavy atom. The van der Waals surface area contributed by atoms with E-state index in [1.54, 1.807) is 12.1 Å². The zero-order chi connectivity index (χ0) is 29.4. The molecule has 216 valence electrons. The summed E-state index contributed by atoms with van der Waals surface area (Å²) in [6.45, 7) is 7.03. The van der Waals surface area contributed by atoms with Crippen LogP contribution < -0.4 is 19.5 Å². The molecule has 1 heterocycles. The lowest BCUT2D eigenvalue weighted by Gasteiger charge is -2.17. The average Bonchev–Trinajstić information content (AvgIpc) is 3.44. The maximum atomic E-state index is 13.0. The van der Waals surface area contributed by atoms with E-state index in [9.17, 15) is 13.2 Å². The van der Waals surface area contributed by atoms with Crippen LogP contribution >= 0.6 is 0 Å². The number of amides is 1. The number of anilines is 1. The molecule has 12 heteroatoms. The molecule has 0 aliphatic heterocycles. The van der Waals surface area contributed by atoms with Gasteiger partial charge in [-0.15, -0.1) is 5.10 Å². The van der Waals surface area contributed by atoms with Crippen LogP contribution in [0.1, 0.15) is 36.7 Å². The van der Waals surface area contributed by atoms with Crippen LogP contribution in [0.15, 0.2) is 76.0 Å². The average molecular weight is 581 g/mol. The smallest absolute Gasteiger partial charge is 0.322 e. The van der Waals surface area contributed by atoms with Crippen LogP contribution in [0.4, 0.5) is 6.01 Å². The number of hydrogen-bond acceptors (Lipinski definition) is 9. The van der Waals surface area contributed by atoms with E-state index in [2.05, 4.69) is 15.5 Å². The summed E-state index contributed by atoms with van der Waals surface area (Å²) in [5, 5.41) is 10.5. The van der Waals surface area contributed by atoms with Gasteiger partial charge in [0.05, 0.1) is 24.7 Å². The number of aromatic nitrogens is 2. The maximum absolute atomic E-state index is 13.0. The number of nitrogens with one attached hydrogen (secondary N) is 1. The summed E-state index contributed by atoms with van der Waals surface area (Å²) >= 11 is 0. The lowest BCUT2D eigenvalue weighted by molar-refractivity contribution is 0.102. The van der Waals surface area contributed by atoms with Crippen LogP contribution in [-0.4, -0.2) is 55.7 Å². The summed E-state index contributed by atoms with van der Waals surface area (Å²) in [7, 11) is -2.25. The molecule has 0 aliphatic carbocycles. The summed E-state index contributed by atoms with van der Waals surface area (Å²) in [4.78, 5) is 12.9. The molecule has 3 aromatic carbocycles. The van der Waals surface area contributed by atoms with Gasteiger partial charge in [-0.25, -0.2) is 8.42 Å². The van der Waals surface area contributed by atoms with E-state index >= 15 is 0 Å². The molecule has 4 rings (SSSR count). The van der Waals surface area contributed by atoms with Gasteiger partial charge in [0.1, 0.15) is 0 Å². The van der Waals surface area contributed by atoms with Gasteiger partial charge in [0.15, 0.2) is 11.5 Å². The van der Waals surface area contributed by atoms with E-state index in [0.717, 1.165) is 5.56 Å². The maximum Gasteiger partial charge on any atom is 0.322 e.